The van der Waals surface area contributed by atoms with E-state index in [1.807, 2.05) is 6.08 Å². The molecule has 0 aromatic heterocycles. The molecular formula is C12H19NO. The van der Waals surface area contributed by atoms with Crippen LogP contribution in [0.15, 0.2) is 11.8 Å². The van der Waals surface area contributed by atoms with Gasteiger partial charge < -0.3 is 4.90 Å². The number of rotatable bonds is 2. The topological polar surface area (TPSA) is 20.3 Å². The highest BCUT2D eigenvalue weighted by molar-refractivity contribution is 5.92. The SMILES string of the molecule is CCC1CCN(C2=CC(=O)CC2)CC1. The molecule has 2 rings (SSSR count). The Kier molecular flexibility index (Phi) is 2.90. The lowest BCUT2D eigenvalue weighted by molar-refractivity contribution is -0.114. The monoisotopic (exact) mass is 193 g/mol. The van der Waals surface area contributed by atoms with E-state index in [1.165, 1.54) is 25.0 Å². The summed E-state index contributed by atoms with van der Waals surface area (Å²) in [5, 5.41) is 0. The van der Waals surface area contributed by atoms with Gasteiger partial charge in [-0.2, -0.15) is 0 Å². The highest BCUT2D eigenvalue weighted by atomic mass is 16.1. The van der Waals surface area contributed by atoms with Gasteiger partial charge in [0.25, 0.3) is 0 Å². The molecule has 0 radical (unpaired) electrons. The maximum atomic E-state index is 11.1. The van der Waals surface area contributed by atoms with E-state index >= 15 is 0 Å². The standard InChI is InChI=1S/C12H19NO/c1-2-10-5-7-13(8-6-10)11-3-4-12(14)9-11/h9-10H,2-8H2,1H3. The van der Waals surface area contributed by atoms with Gasteiger partial charge in [-0.1, -0.05) is 13.3 Å². The van der Waals surface area contributed by atoms with Crippen LogP contribution in [0.4, 0.5) is 0 Å². The minimum Gasteiger partial charge on any atom is -0.375 e. The molecule has 0 amide bonds. The van der Waals surface area contributed by atoms with E-state index in [1.54, 1.807) is 0 Å². The molecule has 0 aromatic rings. The Balaban J connectivity index is 1.89. The van der Waals surface area contributed by atoms with Crippen LogP contribution in [0, 0.1) is 5.92 Å². The maximum absolute atomic E-state index is 11.1. The van der Waals surface area contributed by atoms with Gasteiger partial charge in [0.15, 0.2) is 5.78 Å². The third kappa shape index (κ3) is 1.99. The van der Waals surface area contributed by atoms with Crippen LogP contribution in [-0.2, 0) is 4.79 Å². The van der Waals surface area contributed by atoms with Crippen molar-refractivity contribution < 1.29 is 4.79 Å². The number of piperidine rings is 1. The average Bonchev–Trinajstić information content (AvgIpc) is 2.65. The van der Waals surface area contributed by atoms with Crippen molar-refractivity contribution in [3.63, 3.8) is 0 Å². The Morgan fingerprint density at radius 2 is 2.07 bits per heavy atom. The minimum absolute atomic E-state index is 0.317. The third-order valence-corrected chi connectivity index (χ3v) is 3.55. The smallest absolute Gasteiger partial charge is 0.157 e. The number of likely N-dealkylation sites (tertiary alicyclic amines) is 1. The van der Waals surface area contributed by atoms with E-state index in [9.17, 15) is 4.79 Å². The van der Waals surface area contributed by atoms with E-state index in [-0.39, 0.29) is 0 Å². The Hall–Kier alpha value is -0.790. The van der Waals surface area contributed by atoms with Gasteiger partial charge in [0, 0.05) is 31.3 Å². The quantitative estimate of drug-likeness (QED) is 0.671. The summed E-state index contributed by atoms with van der Waals surface area (Å²) in [5.41, 5.74) is 1.30. The molecule has 1 saturated heterocycles. The van der Waals surface area contributed by atoms with E-state index in [0.29, 0.717) is 5.78 Å². The molecule has 0 aromatic carbocycles. The Morgan fingerprint density at radius 1 is 1.36 bits per heavy atom. The summed E-state index contributed by atoms with van der Waals surface area (Å²) >= 11 is 0. The molecule has 14 heavy (non-hydrogen) atoms. The predicted octanol–water partition coefficient (Wildman–Crippen LogP) is 2.36. The van der Waals surface area contributed by atoms with Gasteiger partial charge in [0.1, 0.15) is 0 Å². The molecule has 0 spiro atoms. The third-order valence-electron chi connectivity index (χ3n) is 3.55. The van der Waals surface area contributed by atoms with Gasteiger partial charge in [0.05, 0.1) is 0 Å². The lowest BCUT2D eigenvalue weighted by Gasteiger charge is -2.33. The van der Waals surface area contributed by atoms with E-state index in [4.69, 9.17) is 0 Å². The summed E-state index contributed by atoms with van der Waals surface area (Å²) in [6.07, 6.45) is 7.50. The molecule has 2 heteroatoms. The number of allylic oxidation sites excluding steroid dienone is 2. The van der Waals surface area contributed by atoms with Gasteiger partial charge >= 0.3 is 0 Å². The van der Waals surface area contributed by atoms with Crippen molar-refractivity contribution in [3.05, 3.63) is 11.8 Å². The van der Waals surface area contributed by atoms with Crippen LogP contribution in [-0.4, -0.2) is 23.8 Å². The number of nitrogens with zero attached hydrogens (tertiary/aromatic N) is 1. The number of carbonyl (C=O) groups excluding carboxylic acids is 1. The van der Waals surface area contributed by atoms with Crippen LogP contribution in [0.5, 0.6) is 0 Å². The second kappa shape index (κ2) is 4.16. The Labute approximate surface area is 86.0 Å². The molecule has 1 heterocycles. The molecule has 2 nitrogen and oxygen atoms in total. The molecule has 1 fully saturated rings. The minimum atomic E-state index is 0.317. The second-order valence-corrected chi connectivity index (χ2v) is 4.44. The van der Waals surface area contributed by atoms with Gasteiger partial charge in [-0.15, -0.1) is 0 Å². The summed E-state index contributed by atoms with van der Waals surface area (Å²) in [6, 6.07) is 0. The number of ketones is 1. The van der Waals surface area contributed by atoms with Crippen molar-refractivity contribution in [2.24, 2.45) is 5.92 Å². The van der Waals surface area contributed by atoms with Crippen LogP contribution in [0.2, 0.25) is 0 Å². The van der Waals surface area contributed by atoms with Crippen molar-refractivity contribution in [1.29, 1.82) is 0 Å². The second-order valence-electron chi connectivity index (χ2n) is 4.44. The van der Waals surface area contributed by atoms with Crippen molar-refractivity contribution in [2.45, 2.75) is 39.0 Å². The van der Waals surface area contributed by atoms with Crippen molar-refractivity contribution in [2.75, 3.05) is 13.1 Å². The molecule has 0 unspecified atom stereocenters. The first-order valence-electron chi connectivity index (χ1n) is 5.78. The number of carbonyl (C=O) groups is 1. The first-order chi connectivity index (χ1) is 6.79. The zero-order valence-electron chi connectivity index (χ0n) is 8.96. The van der Waals surface area contributed by atoms with Crippen molar-refractivity contribution >= 4 is 5.78 Å². The van der Waals surface area contributed by atoms with Crippen molar-refractivity contribution in [1.82, 2.24) is 4.90 Å². The zero-order valence-corrected chi connectivity index (χ0v) is 8.96. The molecule has 1 aliphatic heterocycles. The van der Waals surface area contributed by atoms with Crippen LogP contribution in [0.25, 0.3) is 0 Å². The van der Waals surface area contributed by atoms with Gasteiger partial charge in [0.2, 0.25) is 0 Å². The largest absolute Gasteiger partial charge is 0.375 e. The van der Waals surface area contributed by atoms with Gasteiger partial charge in [-0.05, 0) is 25.2 Å². The molecule has 0 atom stereocenters. The summed E-state index contributed by atoms with van der Waals surface area (Å²) in [4.78, 5) is 13.5. The van der Waals surface area contributed by atoms with Crippen LogP contribution in [0.3, 0.4) is 0 Å². The molecule has 0 bridgehead atoms. The highest BCUT2D eigenvalue weighted by Gasteiger charge is 2.22. The molecule has 78 valence electrons. The first-order valence-corrected chi connectivity index (χ1v) is 5.78. The maximum Gasteiger partial charge on any atom is 0.157 e. The van der Waals surface area contributed by atoms with Crippen molar-refractivity contribution in [3.8, 4) is 0 Å². The lowest BCUT2D eigenvalue weighted by Crippen LogP contribution is -2.32. The average molecular weight is 193 g/mol. The first kappa shape index (κ1) is 9.75. The number of hydrogen-bond acceptors (Lipinski definition) is 2. The van der Waals surface area contributed by atoms with E-state index < -0.39 is 0 Å². The summed E-state index contributed by atoms with van der Waals surface area (Å²) < 4.78 is 0. The molecule has 0 N–H and O–H groups in total. The molecule has 1 aliphatic carbocycles. The Morgan fingerprint density at radius 3 is 2.57 bits per heavy atom. The van der Waals surface area contributed by atoms with Crippen LogP contribution in [0.1, 0.15) is 39.0 Å². The summed E-state index contributed by atoms with van der Waals surface area (Å²) in [5.74, 6) is 1.24. The fraction of sp³-hybridized carbons (Fsp3) is 0.750. The highest BCUT2D eigenvalue weighted by Crippen LogP contribution is 2.26. The molecular weight excluding hydrogens is 174 g/mol. The fourth-order valence-corrected chi connectivity index (χ4v) is 2.46. The van der Waals surface area contributed by atoms with Gasteiger partial charge in [-0.25, -0.2) is 0 Å². The van der Waals surface area contributed by atoms with Crippen LogP contribution >= 0.6 is 0 Å². The summed E-state index contributed by atoms with van der Waals surface area (Å²) in [6.45, 7) is 4.61. The lowest BCUT2D eigenvalue weighted by atomic mass is 9.94. The molecule has 2 aliphatic rings. The van der Waals surface area contributed by atoms with Crippen LogP contribution < -0.4 is 0 Å². The van der Waals surface area contributed by atoms with E-state index in [2.05, 4.69) is 11.8 Å². The fourth-order valence-electron chi connectivity index (χ4n) is 2.46. The number of hydrogen-bond donors (Lipinski definition) is 0. The van der Waals surface area contributed by atoms with E-state index in [0.717, 1.165) is 31.8 Å². The normalized spacial score (nSPS) is 24.2. The zero-order chi connectivity index (χ0) is 9.97. The van der Waals surface area contributed by atoms with Gasteiger partial charge in [-0.3, -0.25) is 4.79 Å². The molecule has 0 saturated carbocycles. The Bertz CT molecular complexity index is 249. The summed E-state index contributed by atoms with van der Waals surface area (Å²) in [7, 11) is 0. The predicted molar refractivity (Wildman–Crippen MR) is 56.9 cm³/mol.